The summed E-state index contributed by atoms with van der Waals surface area (Å²) in [5.41, 5.74) is 0.103. The highest BCUT2D eigenvalue weighted by molar-refractivity contribution is 7.57. The Morgan fingerprint density at radius 1 is 1.20 bits per heavy atom. The molecule has 0 rings (SSSR count). The second-order valence-corrected chi connectivity index (χ2v) is 7.30. The van der Waals surface area contributed by atoms with Crippen molar-refractivity contribution in [1.82, 2.24) is 5.48 Å². The second-order valence-electron chi connectivity index (χ2n) is 5.19. The lowest BCUT2D eigenvalue weighted by atomic mass is 10.1. The first-order chi connectivity index (χ1) is 11.6. The number of amides is 1. The fourth-order valence-corrected chi connectivity index (χ4v) is 3.73. The van der Waals surface area contributed by atoms with Crippen molar-refractivity contribution in [2.45, 2.75) is 58.1 Å². The molecule has 0 aromatic rings. The van der Waals surface area contributed by atoms with Gasteiger partial charge in [-0.2, -0.15) is 0 Å². The molecule has 0 spiro atoms. The largest absolute Gasteiger partial charge is 0.391 e. The van der Waals surface area contributed by atoms with Crippen LogP contribution in [0.15, 0.2) is 0 Å². The zero-order valence-electron chi connectivity index (χ0n) is 14.7. The number of aliphatic hydroxyl groups excluding tert-OH is 2. The van der Waals surface area contributed by atoms with Gasteiger partial charge >= 0.3 is 7.60 Å². The molecule has 146 valence electrons. The first-order valence-corrected chi connectivity index (χ1v) is 9.40. The smallest absolute Gasteiger partial charge is 0.350 e. The molecule has 0 aliphatic rings. The molecule has 0 saturated heterocycles. The van der Waals surface area contributed by atoms with Gasteiger partial charge < -0.3 is 24.1 Å². The maximum Gasteiger partial charge on any atom is 0.350 e. The molecular formula is C14H26NO9P. The van der Waals surface area contributed by atoms with Crippen LogP contribution in [0.4, 0.5) is 0 Å². The number of Topliss-reactive ketones (excluding diaryl/α,β-unsaturated/α-hetero) is 1. The Morgan fingerprint density at radius 2 is 1.72 bits per heavy atom. The first kappa shape index (κ1) is 23.8. The van der Waals surface area contributed by atoms with E-state index in [-0.39, 0.29) is 19.6 Å². The maximum atomic E-state index is 12.7. The molecule has 1 amide bonds. The average molecular weight is 383 g/mol. The summed E-state index contributed by atoms with van der Waals surface area (Å²) in [4.78, 5) is 39.8. The van der Waals surface area contributed by atoms with E-state index in [1.54, 1.807) is 0 Å². The van der Waals surface area contributed by atoms with Crippen molar-refractivity contribution in [2.75, 3.05) is 13.2 Å². The van der Waals surface area contributed by atoms with E-state index < -0.39 is 43.3 Å². The molecule has 0 saturated carbocycles. The third kappa shape index (κ3) is 7.72. The first-order valence-electron chi connectivity index (χ1n) is 7.79. The van der Waals surface area contributed by atoms with E-state index in [1.165, 1.54) is 20.8 Å². The van der Waals surface area contributed by atoms with Crippen LogP contribution in [0, 0.1) is 0 Å². The standard InChI is InChI=1S/C14H26NO9P/c1-5-22-25(21,23-6-2)13(10(4)18)14(20)15-24-11(8-16)7-12(19)9(3)17/h8-9,11-13,17,19H,5-7H2,1-4H3,(H,15,20)/t9-,11+,12+,13?/m1/s1. The van der Waals surface area contributed by atoms with Crippen molar-refractivity contribution < 1.29 is 43.0 Å². The van der Waals surface area contributed by atoms with Crippen LogP contribution in [0.2, 0.25) is 0 Å². The van der Waals surface area contributed by atoms with Crippen molar-refractivity contribution in [3.8, 4) is 0 Å². The Hall–Kier alpha value is -1.16. The molecule has 0 aromatic carbocycles. The lowest BCUT2D eigenvalue weighted by Gasteiger charge is -2.24. The third-order valence-corrected chi connectivity index (χ3v) is 5.53. The fraction of sp³-hybridized carbons (Fsp3) is 0.786. The van der Waals surface area contributed by atoms with Gasteiger partial charge in [0.2, 0.25) is 0 Å². The Morgan fingerprint density at radius 3 is 2.08 bits per heavy atom. The minimum absolute atomic E-state index is 0.0489. The van der Waals surface area contributed by atoms with Gasteiger partial charge in [0.05, 0.1) is 25.4 Å². The van der Waals surface area contributed by atoms with Crippen LogP contribution in [-0.2, 0) is 32.8 Å². The lowest BCUT2D eigenvalue weighted by Crippen LogP contribution is -2.42. The molecule has 10 nitrogen and oxygen atoms in total. The number of hydrogen-bond acceptors (Lipinski definition) is 9. The number of carbonyl (C=O) groups is 3. The number of carbonyl (C=O) groups excluding carboxylic acids is 3. The quantitative estimate of drug-likeness (QED) is 0.172. The van der Waals surface area contributed by atoms with Crippen LogP contribution in [0.5, 0.6) is 0 Å². The molecule has 25 heavy (non-hydrogen) atoms. The Bertz CT molecular complexity index is 487. The number of ketones is 1. The Balaban J connectivity index is 5.08. The lowest BCUT2D eigenvalue weighted by molar-refractivity contribution is -0.146. The molecule has 1 unspecified atom stereocenters. The molecule has 0 aliphatic heterocycles. The number of nitrogens with one attached hydrogen (secondary N) is 1. The van der Waals surface area contributed by atoms with Gasteiger partial charge in [-0.3, -0.25) is 19.0 Å². The highest BCUT2D eigenvalue weighted by Gasteiger charge is 2.45. The van der Waals surface area contributed by atoms with Crippen LogP contribution in [0.3, 0.4) is 0 Å². The van der Waals surface area contributed by atoms with E-state index in [0.717, 1.165) is 6.92 Å². The SMILES string of the molecule is CCOP(=O)(OCC)C(C(C)=O)C(=O)NO[C@H](C=O)C[C@H](O)[C@@H](C)O. The van der Waals surface area contributed by atoms with Crippen LogP contribution >= 0.6 is 7.60 Å². The minimum atomic E-state index is -4.07. The van der Waals surface area contributed by atoms with E-state index in [1.807, 2.05) is 5.48 Å². The van der Waals surface area contributed by atoms with Crippen molar-refractivity contribution >= 4 is 25.6 Å². The van der Waals surface area contributed by atoms with Crippen LogP contribution in [-0.4, -0.2) is 65.4 Å². The molecule has 0 heterocycles. The van der Waals surface area contributed by atoms with Gasteiger partial charge in [-0.1, -0.05) is 0 Å². The van der Waals surface area contributed by atoms with Crippen LogP contribution < -0.4 is 5.48 Å². The summed E-state index contributed by atoms with van der Waals surface area (Å²) in [5, 5.41) is 18.7. The zero-order valence-corrected chi connectivity index (χ0v) is 15.6. The van der Waals surface area contributed by atoms with Gasteiger partial charge in [0, 0.05) is 6.42 Å². The highest BCUT2D eigenvalue weighted by Crippen LogP contribution is 2.53. The van der Waals surface area contributed by atoms with Crippen molar-refractivity contribution in [3.05, 3.63) is 0 Å². The summed E-state index contributed by atoms with van der Waals surface area (Å²) >= 11 is 0. The van der Waals surface area contributed by atoms with Crippen molar-refractivity contribution in [2.24, 2.45) is 0 Å². The predicted molar refractivity (Wildman–Crippen MR) is 86.7 cm³/mol. The number of hydroxylamine groups is 1. The molecule has 4 atom stereocenters. The van der Waals surface area contributed by atoms with E-state index in [4.69, 9.17) is 13.9 Å². The van der Waals surface area contributed by atoms with E-state index in [9.17, 15) is 29.2 Å². The van der Waals surface area contributed by atoms with Crippen molar-refractivity contribution in [1.29, 1.82) is 0 Å². The molecule has 0 bridgehead atoms. The van der Waals surface area contributed by atoms with E-state index >= 15 is 0 Å². The van der Waals surface area contributed by atoms with Gasteiger partial charge in [0.15, 0.2) is 17.7 Å². The second kappa shape index (κ2) is 11.5. The third-order valence-electron chi connectivity index (χ3n) is 3.06. The normalized spacial score (nSPS) is 16.6. The maximum absolute atomic E-state index is 12.7. The summed E-state index contributed by atoms with van der Waals surface area (Å²) in [7, 11) is -4.07. The summed E-state index contributed by atoms with van der Waals surface area (Å²) in [6, 6.07) is 0. The van der Waals surface area contributed by atoms with E-state index in [2.05, 4.69) is 0 Å². The Labute approximate surface area is 146 Å². The van der Waals surface area contributed by atoms with Gasteiger partial charge in [0.1, 0.15) is 6.10 Å². The molecule has 0 radical (unpaired) electrons. The Kier molecular flexibility index (Phi) is 10.9. The topological polar surface area (TPSA) is 148 Å². The van der Waals surface area contributed by atoms with Gasteiger partial charge in [-0.05, 0) is 27.7 Å². The average Bonchev–Trinajstić information content (AvgIpc) is 2.50. The number of aliphatic hydroxyl groups is 2. The highest BCUT2D eigenvalue weighted by atomic mass is 31.2. The summed E-state index contributed by atoms with van der Waals surface area (Å²) < 4.78 is 22.6. The van der Waals surface area contributed by atoms with Gasteiger partial charge in [-0.15, -0.1) is 0 Å². The predicted octanol–water partition coefficient (Wildman–Crippen LogP) is -0.0428. The van der Waals surface area contributed by atoms with Crippen molar-refractivity contribution in [3.63, 3.8) is 0 Å². The zero-order chi connectivity index (χ0) is 19.6. The fourth-order valence-electron chi connectivity index (χ4n) is 1.85. The minimum Gasteiger partial charge on any atom is -0.391 e. The van der Waals surface area contributed by atoms with Gasteiger partial charge in [0.25, 0.3) is 5.91 Å². The summed E-state index contributed by atoms with van der Waals surface area (Å²) in [5.74, 6) is -1.87. The molecule has 0 fully saturated rings. The molecule has 0 aromatic heterocycles. The van der Waals surface area contributed by atoms with E-state index in [0.29, 0.717) is 6.29 Å². The molecule has 0 aliphatic carbocycles. The molecule has 11 heteroatoms. The number of rotatable bonds is 13. The monoisotopic (exact) mass is 383 g/mol. The molecular weight excluding hydrogens is 357 g/mol. The van der Waals surface area contributed by atoms with Crippen LogP contribution in [0.1, 0.15) is 34.1 Å². The van der Waals surface area contributed by atoms with Gasteiger partial charge in [-0.25, -0.2) is 5.48 Å². The number of hydrogen-bond donors (Lipinski definition) is 3. The van der Waals surface area contributed by atoms with Crippen LogP contribution in [0.25, 0.3) is 0 Å². The summed E-state index contributed by atoms with van der Waals surface area (Å²) in [6.07, 6.45) is -3.63. The number of aldehydes is 1. The molecule has 3 N–H and O–H groups in total. The summed E-state index contributed by atoms with van der Waals surface area (Å²) in [6.45, 7) is 5.31.